The van der Waals surface area contributed by atoms with E-state index in [9.17, 15) is 0 Å². The average Bonchev–Trinajstić information content (AvgIpc) is 2.65. The van der Waals surface area contributed by atoms with Gasteiger partial charge >= 0.3 is 0 Å². The molecule has 3 nitrogen and oxygen atoms in total. The number of rotatable bonds is 2. The molecule has 3 rings (SSSR count). The molecule has 2 heterocycles. The van der Waals surface area contributed by atoms with E-state index in [1.165, 1.54) is 0 Å². The minimum absolute atomic E-state index is 0.515. The van der Waals surface area contributed by atoms with Crippen molar-refractivity contribution in [3.05, 3.63) is 41.7 Å². The van der Waals surface area contributed by atoms with Crippen LogP contribution < -0.4 is 5.32 Å². The zero-order valence-electron chi connectivity index (χ0n) is 8.73. The number of halogens is 1. The lowest BCUT2D eigenvalue weighted by Gasteiger charge is -2.27. The van der Waals surface area contributed by atoms with Crippen molar-refractivity contribution in [2.45, 2.75) is 6.04 Å². The van der Waals surface area contributed by atoms with E-state index in [2.05, 4.69) is 16.6 Å². The van der Waals surface area contributed by atoms with Crippen molar-refractivity contribution >= 4 is 11.6 Å². The van der Waals surface area contributed by atoms with E-state index in [1.54, 1.807) is 0 Å². The van der Waals surface area contributed by atoms with Crippen molar-refractivity contribution in [1.29, 1.82) is 0 Å². The first-order valence-corrected chi connectivity index (χ1v) is 5.71. The number of nitrogens with zero attached hydrogens (tertiary/aromatic N) is 2. The first-order valence-electron chi connectivity index (χ1n) is 5.34. The molecule has 1 N–H and O–H groups in total. The third-order valence-electron chi connectivity index (χ3n) is 2.91. The molecule has 1 aromatic carbocycles. The second-order valence-corrected chi connectivity index (χ2v) is 4.46. The minimum atomic E-state index is 0.515. The van der Waals surface area contributed by atoms with Gasteiger partial charge in [-0.25, -0.2) is 0 Å². The van der Waals surface area contributed by atoms with E-state index in [4.69, 9.17) is 11.6 Å². The average molecular weight is 234 g/mol. The molecule has 0 radical (unpaired) electrons. The van der Waals surface area contributed by atoms with Gasteiger partial charge in [-0.1, -0.05) is 23.7 Å². The van der Waals surface area contributed by atoms with Gasteiger partial charge in [-0.05, 0) is 17.7 Å². The van der Waals surface area contributed by atoms with Crippen LogP contribution in [-0.2, 0) is 0 Å². The quantitative estimate of drug-likeness (QED) is 0.863. The van der Waals surface area contributed by atoms with Crippen LogP contribution in [0.25, 0.3) is 11.1 Å². The van der Waals surface area contributed by atoms with Gasteiger partial charge in [0.2, 0.25) is 0 Å². The summed E-state index contributed by atoms with van der Waals surface area (Å²) in [4.78, 5) is 0. The summed E-state index contributed by atoms with van der Waals surface area (Å²) < 4.78 is 2.03. The first kappa shape index (κ1) is 9.87. The Labute approximate surface area is 99.0 Å². The zero-order valence-corrected chi connectivity index (χ0v) is 9.48. The van der Waals surface area contributed by atoms with Crippen LogP contribution in [0, 0.1) is 0 Å². The molecular weight excluding hydrogens is 222 g/mol. The van der Waals surface area contributed by atoms with Gasteiger partial charge in [-0.2, -0.15) is 5.10 Å². The highest BCUT2D eigenvalue weighted by Gasteiger charge is 2.19. The van der Waals surface area contributed by atoms with Crippen LogP contribution in [0.5, 0.6) is 0 Å². The van der Waals surface area contributed by atoms with Crippen molar-refractivity contribution < 1.29 is 0 Å². The standard InChI is InChI=1S/C12H12ClN3/c13-11-3-1-9(2-4-11)10-5-15-16(8-10)12-6-14-7-12/h1-5,8,12,14H,6-7H2. The van der Waals surface area contributed by atoms with E-state index in [0.29, 0.717) is 6.04 Å². The third kappa shape index (κ3) is 1.72. The Morgan fingerprint density at radius 1 is 1.19 bits per heavy atom. The molecule has 0 atom stereocenters. The van der Waals surface area contributed by atoms with Crippen LogP contribution in [0.2, 0.25) is 5.02 Å². The van der Waals surface area contributed by atoms with Crippen molar-refractivity contribution in [3.63, 3.8) is 0 Å². The molecule has 2 aromatic rings. The summed E-state index contributed by atoms with van der Waals surface area (Å²) in [5, 5.41) is 8.38. The van der Waals surface area contributed by atoms with E-state index in [0.717, 1.165) is 29.2 Å². The summed E-state index contributed by atoms with van der Waals surface area (Å²) in [6.45, 7) is 2.03. The molecule has 16 heavy (non-hydrogen) atoms. The summed E-state index contributed by atoms with van der Waals surface area (Å²) in [6.07, 6.45) is 4.00. The van der Waals surface area contributed by atoms with E-state index in [1.807, 2.05) is 35.1 Å². The summed E-state index contributed by atoms with van der Waals surface area (Å²) >= 11 is 5.86. The highest BCUT2D eigenvalue weighted by molar-refractivity contribution is 6.30. The maximum absolute atomic E-state index is 5.86. The Morgan fingerprint density at radius 2 is 1.94 bits per heavy atom. The number of nitrogens with one attached hydrogen (secondary N) is 1. The molecule has 1 fully saturated rings. The summed E-state index contributed by atoms with van der Waals surface area (Å²) in [5.41, 5.74) is 2.30. The Bertz CT molecular complexity index is 485. The molecule has 0 unspecified atom stereocenters. The normalized spacial score (nSPS) is 16.1. The van der Waals surface area contributed by atoms with Gasteiger partial charge in [0.1, 0.15) is 0 Å². The molecule has 82 valence electrons. The highest BCUT2D eigenvalue weighted by Crippen LogP contribution is 2.22. The minimum Gasteiger partial charge on any atom is -0.312 e. The summed E-state index contributed by atoms with van der Waals surface area (Å²) in [7, 11) is 0. The molecule has 1 aliphatic heterocycles. The van der Waals surface area contributed by atoms with Gasteiger partial charge in [0.15, 0.2) is 0 Å². The predicted octanol–water partition coefficient (Wildman–Crippen LogP) is 2.35. The second kappa shape index (κ2) is 3.92. The van der Waals surface area contributed by atoms with Crippen LogP contribution in [-0.4, -0.2) is 22.9 Å². The smallest absolute Gasteiger partial charge is 0.0767 e. The monoisotopic (exact) mass is 233 g/mol. The second-order valence-electron chi connectivity index (χ2n) is 4.03. The highest BCUT2D eigenvalue weighted by atomic mass is 35.5. The number of aromatic nitrogens is 2. The van der Waals surface area contributed by atoms with Crippen molar-refractivity contribution in [2.24, 2.45) is 0 Å². The van der Waals surface area contributed by atoms with Gasteiger partial charge in [-0.15, -0.1) is 0 Å². The summed E-state index contributed by atoms with van der Waals surface area (Å²) in [6, 6.07) is 8.35. The van der Waals surface area contributed by atoms with Crippen LogP contribution in [0.1, 0.15) is 6.04 Å². The summed E-state index contributed by atoms with van der Waals surface area (Å²) in [5.74, 6) is 0. The third-order valence-corrected chi connectivity index (χ3v) is 3.17. The van der Waals surface area contributed by atoms with Gasteiger partial charge in [0, 0.05) is 29.9 Å². The van der Waals surface area contributed by atoms with Gasteiger partial charge in [-0.3, -0.25) is 4.68 Å². The lowest BCUT2D eigenvalue weighted by Crippen LogP contribution is -2.43. The van der Waals surface area contributed by atoms with Crippen LogP contribution in [0.15, 0.2) is 36.7 Å². The van der Waals surface area contributed by atoms with Crippen LogP contribution in [0.4, 0.5) is 0 Å². The molecule has 0 aliphatic carbocycles. The molecule has 0 saturated carbocycles. The van der Waals surface area contributed by atoms with Crippen molar-refractivity contribution in [3.8, 4) is 11.1 Å². The molecule has 1 aromatic heterocycles. The molecule has 0 bridgehead atoms. The zero-order chi connectivity index (χ0) is 11.0. The lowest BCUT2D eigenvalue weighted by molar-refractivity contribution is 0.318. The van der Waals surface area contributed by atoms with E-state index >= 15 is 0 Å². The maximum Gasteiger partial charge on any atom is 0.0767 e. The molecule has 4 heteroatoms. The maximum atomic E-state index is 5.86. The fourth-order valence-corrected chi connectivity index (χ4v) is 1.92. The largest absolute Gasteiger partial charge is 0.312 e. The van der Waals surface area contributed by atoms with Crippen LogP contribution >= 0.6 is 11.6 Å². The topological polar surface area (TPSA) is 29.9 Å². The Hall–Kier alpha value is -1.32. The molecule has 1 saturated heterocycles. The van der Waals surface area contributed by atoms with Gasteiger partial charge < -0.3 is 5.32 Å². The fourth-order valence-electron chi connectivity index (χ4n) is 1.79. The predicted molar refractivity (Wildman–Crippen MR) is 64.6 cm³/mol. The van der Waals surface area contributed by atoms with E-state index in [-0.39, 0.29) is 0 Å². The van der Waals surface area contributed by atoms with Crippen molar-refractivity contribution in [2.75, 3.05) is 13.1 Å². The number of benzene rings is 1. The van der Waals surface area contributed by atoms with Gasteiger partial charge in [0.05, 0.1) is 12.2 Å². The molecular formula is C12H12ClN3. The molecule has 0 spiro atoms. The van der Waals surface area contributed by atoms with Crippen molar-refractivity contribution in [1.82, 2.24) is 15.1 Å². The first-order chi connectivity index (χ1) is 7.83. The molecule has 1 aliphatic rings. The Morgan fingerprint density at radius 3 is 2.56 bits per heavy atom. The number of hydrogen-bond acceptors (Lipinski definition) is 2. The Kier molecular flexibility index (Phi) is 2.42. The molecule has 0 amide bonds. The lowest BCUT2D eigenvalue weighted by atomic mass is 10.1. The fraction of sp³-hybridized carbons (Fsp3) is 0.250. The number of hydrogen-bond donors (Lipinski definition) is 1. The van der Waals surface area contributed by atoms with Gasteiger partial charge in [0.25, 0.3) is 0 Å². The van der Waals surface area contributed by atoms with Crippen LogP contribution in [0.3, 0.4) is 0 Å². The SMILES string of the molecule is Clc1ccc(-c2cnn(C3CNC3)c2)cc1. The van der Waals surface area contributed by atoms with E-state index < -0.39 is 0 Å². The Balaban J connectivity index is 1.88.